The van der Waals surface area contributed by atoms with Gasteiger partial charge in [-0.1, -0.05) is 36.4 Å². The Kier molecular flexibility index (Phi) is 5.47. The molecule has 6 heteroatoms. The number of nitrogens with zero attached hydrogens (tertiary/aromatic N) is 2. The third-order valence-corrected chi connectivity index (χ3v) is 5.49. The maximum Gasteiger partial charge on any atom is 0.257 e. The topological polar surface area (TPSA) is 74.0 Å². The van der Waals surface area contributed by atoms with Crippen LogP contribution in [0.5, 0.6) is 0 Å². The molecule has 3 aromatic rings. The van der Waals surface area contributed by atoms with E-state index in [-0.39, 0.29) is 17.9 Å². The van der Waals surface area contributed by atoms with Gasteiger partial charge in [-0.2, -0.15) is 0 Å². The molecule has 1 aromatic heterocycles. The lowest BCUT2D eigenvalue weighted by atomic mass is 10.0. The lowest BCUT2D eigenvalue weighted by Crippen LogP contribution is -2.49. The van der Waals surface area contributed by atoms with E-state index in [1.807, 2.05) is 30.3 Å². The van der Waals surface area contributed by atoms with Crippen molar-refractivity contribution in [3.63, 3.8) is 0 Å². The molecule has 1 N–H and O–H groups in total. The van der Waals surface area contributed by atoms with Crippen LogP contribution in [0.15, 0.2) is 57.7 Å². The van der Waals surface area contributed by atoms with Crippen molar-refractivity contribution in [1.82, 2.24) is 9.80 Å². The van der Waals surface area contributed by atoms with Gasteiger partial charge in [0, 0.05) is 43.9 Å². The molecular weight excluding hydrogens is 368 g/mol. The molecule has 4 rings (SSSR count). The van der Waals surface area contributed by atoms with Crippen LogP contribution in [0.3, 0.4) is 0 Å². The molecule has 0 radical (unpaired) electrons. The van der Waals surface area contributed by atoms with Gasteiger partial charge in [0.15, 0.2) is 11.0 Å². The smallest absolute Gasteiger partial charge is 0.257 e. The van der Waals surface area contributed by atoms with Crippen molar-refractivity contribution >= 4 is 16.9 Å². The molecule has 2 aromatic carbocycles. The number of carbonyl (C=O) groups is 1. The summed E-state index contributed by atoms with van der Waals surface area (Å²) in [4.78, 5) is 30.1. The van der Waals surface area contributed by atoms with Crippen LogP contribution in [0.25, 0.3) is 22.3 Å². The van der Waals surface area contributed by atoms with Gasteiger partial charge >= 0.3 is 0 Å². The number of benzene rings is 2. The molecule has 150 valence electrons. The van der Waals surface area contributed by atoms with Gasteiger partial charge in [-0.05, 0) is 19.1 Å². The minimum Gasteiger partial charge on any atom is -0.455 e. The number of carbonyl (C=O) groups excluding carboxylic acids is 1. The summed E-state index contributed by atoms with van der Waals surface area (Å²) in [6.45, 7) is 5.08. The van der Waals surface area contributed by atoms with Gasteiger partial charge in [0.05, 0.1) is 17.6 Å². The second-order valence-corrected chi connectivity index (χ2v) is 7.29. The number of β-amino-alcohol motifs (C(OH)–C–C–N with tert-alkyl or cyclic N) is 1. The summed E-state index contributed by atoms with van der Waals surface area (Å²) in [5.41, 5.74) is 1.97. The van der Waals surface area contributed by atoms with E-state index in [0.717, 1.165) is 18.7 Å². The predicted molar refractivity (Wildman–Crippen MR) is 112 cm³/mol. The zero-order valence-electron chi connectivity index (χ0n) is 16.4. The predicted octanol–water partition coefficient (Wildman–Crippen LogP) is 2.52. The molecule has 0 aliphatic carbocycles. The Morgan fingerprint density at radius 1 is 1.03 bits per heavy atom. The molecule has 1 aliphatic heterocycles. The molecule has 0 spiro atoms. The van der Waals surface area contributed by atoms with Crippen LogP contribution in [-0.4, -0.2) is 60.1 Å². The normalized spacial score (nSPS) is 15.0. The number of rotatable bonds is 4. The highest BCUT2D eigenvalue weighted by Gasteiger charge is 2.25. The largest absolute Gasteiger partial charge is 0.455 e. The molecule has 0 unspecified atom stereocenters. The Bertz CT molecular complexity index is 1080. The Morgan fingerprint density at radius 3 is 2.45 bits per heavy atom. The zero-order chi connectivity index (χ0) is 20.4. The fraction of sp³-hybridized carbons (Fsp3) is 0.304. The lowest BCUT2D eigenvalue weighted by Gasteiger charge is -2.34. The van der Waals surface area contributed by atoms with E-state index in [0.29, 0.717) is 47.5 Å². The highest BCUT2D eigenvalue weighted by atomic mass is 16.3. The van der Waals surface area contributed by atoms with Gasteiger partial charge in [0.1, 0.15) is 5.76 Å². The number of fused-ring (bicyclic) bond motifs is 1. The van der Waals surface area contributed by atoms with Gasteiger partial charge in [-0.15, -0.1) is 0 Å². The first-order valence-electron chi connectivity index (χ1n) is 9.84. The van der Waals surface area contributed by atoms with E-state index >= 15 is 0 Å². The zero-order valence-corrected chi connectivity index (χ0v) is 16.4. The Balaban J connectivity index is 1.75. The molecule has 29 heavy (non-hydrogen) atoms. The van der Waals surface area contributed by atoms with Gasteiger partial charge in [0.2, 0.25) is 0 Å². The highest BCUT2D eigenvalue weighted by Crippen LogP contribution is 2.28. The minimum atomic E-state index is -0.134. The summed E-state index contributed by atoms with van der Waals surface area (Å²) in [6, 6.07) is 14.6. The standard InChI is InChI=1S/C23H24N2O4/c1-16-20(27)18-8-5-9-19(22(18)29-21(16)17-6-3-2-4-7-17)23(28)25-12-10-24(11-13-25)14-15-26/h2-9,26H,10-15H2,1H3. The summed E-state index contributed by atoms with van der Waals surface area (Å²) in [6.07, 6.45) is 0. The van der Waals surface area contributed by atoms with Crippen LogP contribution in [0.4, 0.5) is 0 Å². The first-order chi connectivity index (χ1) is 14.1. The minimum absolute atomic E-state index is 0.115. The number of amides is 1. The van der Waals surface area contributed by atoms with Crippen LogP contribution in [0, 0.1) is 6.92 Å². The lowest BCUT2D eigenvalue weighted by molar-refractivity contribution is 0.0616. The van der Waals surface area contributed by atoms with E-state index < -0.39 is 0 Å². The second kappa shape index (κ2) is 8.19. The number of para-hydroxylation sites is 1. The molecule has 6 nitrogen and oxygen atoms in total. The van der Waals surface area contributed by atoms with E-state index in [1.165, 1.54) is 0 Å². The third-order valence-electron chi connectivity index (χ3n) is 5.49. The number of aliphatic hydroxyl groups is 1. The van der Waals surface area contributed by atoms with Gasteiger partial charge in [-0.3, -0.25) is 14.5 Å². The fourth-order valence-corrected chi connectivity index (χ4v) is 3.83. The first kappa shape index (κ1) is 19.4. The number of hydrogen-bond acceptors (Lipinski definition) is 5. The average Bonchev–Trinajstić information content (AvgIpc) is 2.77. The summed E-state index contributed by atoms with van der Waals surface area (Å²) >= 11 is 0. The maximum absolute atomic E-state index is 13.2. The van der Waals surface area contributed by atoms with Crippen molar-refractivity contribution in [2.45, 2.75) is 6.92 Å². The van der Waals surface area contributed by atoms with Crippen molar-refractivity contribution in [2.24, 2.45) is 0 Å². The summed E-state index contributed by atoms with van der Waals surface area (Å²) in [7, 11) is 0. The third kappa shape index (κ3) is 3.69. The van der Waals surface area contributed by atoms with Crippen molar-refractivity contribution in [1.29, 1.82) is 0 Å². The van der Waals surface area contributed by atoms with Crippen LogP contribution < -0.4 is 5.43 Å². The Morgan fingerprint density at radius 2 is 1.76 bits per heavy atom. The Labute approximate surface area is 169 Å². The number of aliphatic hydroxyl groups excluding tert-OH is 1. The van der Waals surface area contributed by atoms with Gasteiger partial charge in [0.25, 0.3) is 5.91 Å². The molecule has 1 saturated heterocycles. The molecular formula is C23H24N2O4. The van der Waals surface area contributed by atoms with E-state index in [4.69, 9.17) is 9.52 Å². The van der Waals surface area contributed by atoms with E-state index in [9.17, 15) is 9.59 Å². The maximum atomic E-state index is 13.2. The summed E-state index contributed by atoms with van der Waals surface area (Å²) in [5, 5.41) is 9.52. The van der Waals surface area contributed by atoms with Gasteiger partial charge < -0.3 is 14.4 Å². The average molecular weight is 392 g/mol. The Hall–Kier alpha value is -2.96. The molecule has 2 heterocycles. The van der Waals surface area contributed by atoms with E-state index in [1.54, 1.807) is 30.0 Å². The van der Waals surface area contributed by atoms with Crippen LogP contribution in [0.1, 0.15) is 15.9 Å². The first-order valence-corrected chi connectivity index (χ1v) is 9.84. The number of hydrogen-bond donors (Lipinski definition) is 1. The SMILES string of the molecule is Cc1c(-c2ccccc2)oc2c(C(=O)N3CCN(CCO)CC3)cccc2c1=O. The molecule has 0 atom stereocenters. The highest BCUT2D eigenvalue weighted by molar-refractivity contribution is 6.05. The quantitative estimate of drug-likeness (QED) is 0.739. The molecule has 1 aliphatic rings. The van der Waals surface area contributed by atoms with Crippen molar-refractivity contribution < 1.29 is 14.3 Å². The van der Waals surface area contributed by atoms with Crippen molar-refractivity contribution in [2.75, 3.05) is 39.3 Å². The molecule has 0 bridgehead atoms. The molecule has 0 saturated carbocycles. The number of piperazine rings is 1. The van der Waals surface area contributed by atoms with Crippen molar-refractivity contribution in [3.05, 3.63) is 69.9 Å². The fourth-order valence-electron chi connectivity index (χ4n) is 3.83. The van der Waals surface area contributed by atoms with Crippen LogP contribution in [-0.2, 0) is 0 Å². The van der Waals surface area contributed by atoms with Gasteiger partial charge in [-0.25, -0.2) is 0 Å². The van der Waals surface area contributed by atoms with Crippen LogP contribution in [0.2, 0.25) is 0 Å². The van der Waals surface area contributed by atoms with Crippen LogP contribution >= 0.6 is 0 Å². The van der Waals surface area contributed by atoms with E-state index in [2.05, 4.69) is 4.90 Å². The van der Waals surface area contributed by atoms with Crippen molar-refractivity contribution in [3.8, 4) is 11.3 Å². The monoisotopic (exact) mass is 392 g/mol. The molecule has 1 amide bonds. The summed E-state index contributed by atoms with van der Waals surface area (Å²) in [5.74, 6) is 0.362. The second-order valence-electron chi connectivity index (χ2n) is 7.29. The summed E-state index contributed by atoms with van der Waals surface area (Å²) < 4.78 is 6.17. The molecule has 1 fully saturated rings.